The van der Waals surface area contributed by atoms with Gasteiger partial charge in [0, 0.05) is 18.2 Å². The number of nitrogens with zero attached hydrogens (tertiary/aromatic N) is 1. The molecule has 0 saturated heterocycles. The van der Waals surface area contributed by atoms with E-state index in [0.29, 0.717) is 0 Å². The number of nitro groups is 1. The topological polar surface area (TPSA) is 94.6 Å². The summed E-state index contributed by atoms with van der Waals surface area (Å²) < 4.78 is 64.1. The molecule has 0 unspecified atom stereocenters. The summed E-state index contributed by atoms with van der Waals surface area (Å²) in [5.74, 6) is -7.97. The van der Waals surface area contributed by atoms with Crippen LogP contribution in [0.15, 0.2) is 46.9 Å². The lowest BCUT2D eigenvalue weighted by molar-refractivity contribution is -0.384. The van der Waals surface area contributed by atoms with E-state index in [1.165, 1.54) is 30.3 Å². The van der Waals surface area contributed by atoms with Crippen molar-refractivity contribution >= 4 is 17.3 Å². The molecule has 1 amide bonds. The summed E-state index contributed by atoms with van der Waals surface area (Å²) in [5, 5.41) is 12.3. The number of ether oxygens (including phenoxy) is 1. The maximum Gasteiger partial charge on any atom is 0.291 e. The van der Waals surface area contributed by atoms with Crippen LogP contribution < -0.4 is 10.1 Å². The molecule has 1 aromatic heterocycles. The van der Waals surface area contributed by atoms with Crippen LogP contribution in [0.25, 0.3) is 0 Å². The second-order valence-electron chi connectivity index (χ2n) is 5.60. The molecule has 0 saturated carbocycles. The van der Waals surface area contributed by atoms with Gasteiger partial charge in [0.1, 0.15) is 23.8 Å². The van der Waals surface area contributed by atoms with Gasteiger partial charge in [0.15, 0.2) is 29.0 Å². The average molecular weight is 410 g/mol. The Morgan fingerprint density at radius 3 is 2.24 bits per heavy atom. The highest BCUT2D eigenvalue weighted by Crippen LogP contribution is 2.25. The number of nitrogens with one attached hydrogen (secondary N) is 1. The van der Waals surface area contributed by atoms with E-state index < -0.39 is 45.5 Å². The number of rotatable bonds is 6. The Labute approximate surface area is 159 Å². The monoisotopic (exact) mass is 410 g/mol. The zero-order valence-electron chi connectivity index (χ0n) is 14.2. The number of furan rings is 1. The number of nitro benzene ring substituents is 1. The molecule has 1 N–H and O–H groups in total. The fourth-order valence-corrected chi connectivity index (χ4v) is 2.25. The maximum atomic E-state index is 13.6. The summed E-state index contributed by atoms with van der Waals surface area (Å²) in [7, 11) is 0. The van der Waals surface area contributed by atoms with Gasteiger partial charge in [0.2, 0.25) is 0 Å². The van der Waals surface area contributed by atoms with Gasteiger partial charge in [-0.05, 0) is 24.3 Å². The molecule has 11 heteroatoms. The molecular formula is C18H10F4N2O5. The number of hydrogen-bond donors (Lipinski definition) is 1. The van der Waals surface area contributed by atoms with Crippen LogP contribution in [-0.2, 0) is 6.61 Å². The number of amides is 1. The third-order valence-electron chi connectivity index (χ3n) is 3.66. The smallest absolute Gasteiger partial charge is 0.291 e. The molecular weight excluding hydrogens is 400 g/mol. The molecule has 0 bridgehead atoms. The fraction of sp³-hybridized carbons (Fsp3) is 0.0556. The molecule has 0 aliphatic carbocycles. The van der Waals surface area contributed by atoms with E-state index in [1.807, 2.05) is 0 Å². The standard InChI is InChI=1S/C18H10F4N2O5/c19-12-7-13(20)16(22)17(15(12)21)23-18(25)14-6-5-11(29-14)8-28-10-3-1-9(2-4-10)24(26)27/h1-7H,8H2,(H,23,25). The second-order valence-corrected chi connectivity index (χ2v) is 5.60. The molecule has 0 aliphatic heterocycles. The predicted octanol–water partition coefficient (Wildman–Crippen LogP) is 4.58. The molecule has 0 radical (unpaired) electrons. The number of benzene rings is 2. The van der Waals surface area contributed by atoms with Crippen LogP contribution in [0.5, 0.6) is 5.75 Å². The Bertz CT molecular complexity index is 1060. The molecule has 3 rings (SSSR count). The normalized spacial score (nSPS) is 10.6. The lowest BCUT2D eigenvalue weighted by Crippen LogP contribution is -2.15. The number of anilines is 1. The molecule has 0 fully saturated rings. The second kappa shape index (κ2) is 8.00. The van der Waals surface area contributed by atoms with Crippen LogP contribution in [-0.4, -0.2) is 10.8 Å². The lowest BCUT2D eigenvalue weighted by Gasteiger charge is -2.07. The van der Waals surface area contributed by atoms with Gasteiger partial charge in [0.05, 0.1) is 4.92 Å². The van der Waals surface area contributed by atoms with Crippen molar-refractivity contribution in [2.75, 3.05) is 5.32 Å². The van der Waals surface area contributed by atoms with Crippen LogP contribution >= 0.6 is 0 Å². The third-order valence-corrected chi connectivity index (χ3v) is 3.66. The van der Waals surface area contributed by atoms with Crippen molar-refractivity contribution in [3.63, 3.8) is 0 Å². The Kier molecular flexibility index (Phi) is 5.48. The van der Waals surface area contributed by atoms with Crippen molar-refractivity contribution in [1.29, 1.82) is 0 Å². The summed E-state index contributed by atoms with van der Waals surface area (Å²) in [5.41, 5.74) is -1.41. The van der Waals surface area contributed by atoms with Crippen LogP contribution in [0, 0.1) is 33.4 Å². The highest BCUT2D eigenvalue weighted by atomic mass is 19.2. The van der Waals surface area contributed by atoms with E-state index in [-0.39, 0.29) is 29.9 Å². The zero-order chi connectivity index (χ0) is 21.1. The number of halogens is 4. The van der Waals surface area contributed by atoms with Crippen LogP contribution in [0.1, 0.15) is 16.3 Å². The minimum absolute atomic E-state index is 0.0147. The highest BCUT2D eigenvalue weighted by molar-refractivity contribution is 6.02. The van der Waals surface area contributed by atoms with Crippen LogP contribution in [0.2, 0.25) is 0 Å². The largest absolute Gasteiger partial charge is 0.486 e. The Morgan fingerprint density at radius 1 is 1.03 bits per heavy atom. The van der Waals surface area contributed by atoms with E-state index in [1.54, 1.807) is 5.32 Å². The van der Waals surface area contributed by atoms with Crippen LogP contribution in [0.4, 0.5) is 28.9 Å². The first kappa shape index (κ1) is 19.9. The number of carbonyl (C=O) groups excluding carboxylic acids is 1. The lowest BCUT2D eigenvalue weighted by atomic mass is 10.2. The van der Waals surface area contributed by atoms with Gasteiger partial charge in [-0.2, -0.15) is 0 Å². The summed E-state index contributed by atoms with van der Waals surface area (Å²) in [4.78, 5) is 22.1. The molecule has 0 aliphatic rings. The van der Waals surface area contributed by atoms with Crippen molar-refractivity contribution in [2.24, 2.45) is 0 Å². The Balaban J connectivity index is 1.67. The predicted molar refractivity (Wildman–Crippen MR) is 90.4 cm³/mol. The first-order chi connectivity index (χ1) is 13.8. The van der Waals surface area contributed by atoms with Gasteiger partial charge >= 0.3 is 0 Å². The summed E-state index contributed by atoms with van der Waals surface area (Å²) >= 11 is 0. The van der Waals surface area contributed by atoms with Gasteiger partial charge in [-0.15, -0.1) is 0 Å². The molecule has 0 spiro atoms. The number of non-ortho nitro benzene ring substituents is 1. The summed E-state index contributed by atoms with van der Waals surface area (Å²) in [6.07, 6.45) is 0. The number of carbonyl (C=O) groups is 1. The van der Waals surface area contributed by atoms with Crippen LogP contribution in [0.3, 0.4) is 0 Å². The molecule has 7 nitrogen and oxygen atoms in total. The van der Waals surface area contributed by atoms with Gasteiger partial charge in [-0.3, -0.25) is 14.9 Å². The van der Waals surface area contributed by atoms with Crippen molar-refractivity contribution in [3.8, 4) is 5.75 Å². The van der Waals surface area contributed by atoms with Crippen molar-refractivity contribution in [1.82, 2.24) is 0 Å². The average Bonchev–Trinajstić information content (AvgIpc) is 3.17. The van der Waals surface area contributed by atoms with Crippen molar-refractivity contribution in [3.05, 3.63) is 87.4 Å². The minimum Gasteiger partial charge on any atom is -0.486 e. The molecule has 0 atom stereocenters. The fourth-order valence-electron chi connectivity index (χ4n) is 2.25. The van der Waals surface area contributed by atoms with E-state index in [9.17, 15) is 32.5 Å². The van der Waals surface area contributed by atoms with Crippen molar-refractivity contribution < 1.29 is 36.4 Å². The maximum absolute atomic E-state index is 13.6. The van der Waals surface area contributed by atoms with Crippen molar-refractivity contribution in [2.45, 2.75) is 6.61 Å². The molecule has 1 heterocycles. The Morgan fingerprint density at radius 2 is 1.66 bits per heavy atom. The SMILES string of the molecule is O=C(Nc1c(F)c(F)cc(F)c1F)c1ccc(COc2ccc([N+](=O)[O-])cc2)o1. The molecule has 3 aromatic rings. The first-order valence-corrected chi connectivity index (χ1v) is 7.86. The molecule has 2 aromatic carbocycles. The van der Waals surface area contributed by atoms with E-state index in [2.05, 4.69) is 0 Å². The molecule has 29 heavy (non-hydrogen) atoms. The Hall–Kier alpha value is -3.89. The quantitative estimate of drug-likeness (QED) is 0.278. The summed E-state index contributed by atoms with van der Waals surface area (Å²) in [6, 6.07) is 7.70. The van der Waals surface area contributed by atoms with E-state index >= 15 is 0 Å². The van der Waals surface area contributed by atoms with Gasteiger partial charge in [-0.25, -0.2) is 17.6 Å². The minimum atomic E-state index is -1.76. The number of hydrogen-bond acceptors (Lipinski definition) is 5. The highest BCUT2D eigenvalue weighted by Gasteiger charge is 2.22. The van der Waals surface area contributed by atoms with Gasteiger partial charge in [0.25, 0.3) is 11.6 Å². The first-order valence-electron chi connectivity index (χ1n) is 7.86. The van der Waals surface area contributed by atoms with Gasteiger partial charge in [-0.1, -0.05) is 0 Å². The summed E-state index contributed by atoms with van der Waals surface area (Å²) in [6.45, 7) is -0.164. The van der Waals surface area contributed by atoms with E-state index in [4.69, 9.17) is 9.15 Å². The molecule has 150 valence electrons. The van der Waals surface area contributed by atoms with E-state index in [0.717, 1.165) is 6.07 Å². The van der Waals surface area contributed by atoms with Gasteiger partial charge < -0.3 is 14.5 Å². The third kappa shape index (κ3) is 4.34. The zero-order valence-corrected chi connectivity index (χ0v) is 14.2.